The highest BCUT2D eigenvalue weighted by Crippen LogP contribution is 2.27. The van der Waals surface area contributed by atoms with E-state index in [1.807, 2.05) is 19.9 Å². The molecule has 224 valence electrons. The first-order valence-corrected chi connectivity index (χ1v) is 16.1. The van der Waals surface area contributed by atoms with Gasteiger partial charge in [-0.05, 0) is 87.7 Å². The van der Waals surface area contributed by atoms with Crippen LogP contribution in [0.25, 0.3) is 0 Å². The van der Waals surface area contributed by atoms with E-state index in [0.717, 1.165) is 41.1 Å². The van der Waals surface area contributed by atoms with E-state index in [9.17, 15) is 18.0 Å². The predicted molar refractivity (Wildman–Crippen MR) is 165 cm³/mol. The molecule has 2 amide bonds. The van der Waals surface area contributed by atoms with Gasteiger partial charge < -0.3 is 15.0 Å². The van der Waals surface area contributed by atoms with Crippen LogP contribution in [0.1, 0.15) is 50.7 Å². The molecular weight excluding hydrogens is 574 g/mol. The van der Waals surface area contributed by atoms with E-state index >= 15 is 0 Å². The van der Waals surface area contributed by atoms with Gasteiger partial charge in [-0.2, -0.15) is 0 Å². The summed E-state index contributed by atoms with van der Waals surface area (Å²) in [5.74, 6) is -0.239. The number of benzene rings is 3. The molecule has 0 aliphatic heterocycles. The maximum Gasteiger partial charge on any atom is 0.264 e. The van der Waals surface area contributed by atoms with Crippen molar-refractivity contribution in [2.75, 3.05) is 17.5 Å². The minimum Gasteiger partial charge on any atom is -0.494 e. The molecule has 1 fully saturated rings. The maximum absolute atomic E-state index is 14.1. The lowest BCUT2D eigenvalue weighted by Crippen LogP contribution is -2.52. The van der Waals surface area contributed by atoms with Gasteiger partial charge in [0.15, 0.2) is 0 Å². The summed E-state index contributed by atoms with van der Waals surface area (Å²) in [4.78, 5) is 28.8. The predicted octanol–water partition coefficient (Wildman–Crippen LogP) is 5.72. The lowest BCUT2D eigenvalue weighted by Gasteiger charge is -2.32. The van der Waals surface area contributed by atoms with Crippen LogP contribution in [0, 0.1) is 6.92 Å². The Morgan fingerprint density at radius 3 is 2.31 bits per heavy atom. The molecule has 0 radical (unpaired) electrons. The van der Waals surface area contributed by atoms with E-state index in [2.05, 4.69) is 5.32 Å². The second kappa shape index (κ2) is 14.1. The second-order valence-corrected chi connectivity index (χ2v) is 12.9. The number of amides is 2. The van der Waals surface area contributed by atoms with E-state index in [4.69, 9.17) is 16.3 Å². The zero-order valence-electron chi connectivity index (χ0n) is 24.3. The van der Waals surface area contributed by atoms with E-state index in [0.29, 0.717) is 23.1 Å². The quantitative estimate of drug-likeness (QED) is 0.283. The van der Waals surface area contributed by atoms with Crippen molar-refractivity contribution >= 4 is 39.1 Å². The molecule has 1 aliphatic rings. The Kier molecular flexibility index (Phi) is 10.5. The van der Waals surface area contributed by atoms with Crippen molar-refractivity contribution in [2.45, 2.75) is 70.0 Å². The Bertz CT molecular complexity index is 1470. The number of sulfonamides is 1. The fraction of sp³-hybridized carbons (Fsp3) is 0.375. The van der Waals surface area contributed by atoms with Gasteiger partial charge in [0, 0.05) is 17.6 Å². The number of carbonyl (C=O) groups excluding carboxylic acids is 2. The molecule has 10 heteroatoms. The van der Waals surface area contributed by atoms with Crippen LogP contribution in [0.15, 0.2) is 77.7 Å². The number of nitrogens with one attached hydrogen (secondary N) is 1. The van der Waals surface area contributed by atoms with E-state index in [-0.39, 0.29) is 23.4 Å². The van der Waals surface area contributed by atoms with Crippen LogP contribution >= 0.6 is 11.6 Å². The molecule has 1 saturated carbocycles. The molecule has 0 spiro atoms. The van der Waals surface area contributed by atoms with Gasteiger partial charge in [-0.1, -0.05) is 54.3 Å². The lowest BCUT2D eigenvalue weighted by atomic mass is 10.1. The van der Waals surface area contributed by atoms with Crippen molar-refractivity contribution < 1.29 is 22.7 Å². The van der Waals surface area contributed by atoms with Crippen molar-refractivity contribution in [3.63, 3.8) is 0 Å². The van der Waals surface area contributed by atoms with Crippen molar-refractivity contribution in [1.82, 2.24) is 10.2 Å². The molecule has 3 aromatic carbocycles. The number of hydrogen-bond acceptors (Lipinski definition) is 5. The summed E-state index contributed by atoms with van der Waals surface area (Å²) >= 11 is 6.22. The van der Waals surface area contributed by atoms with Gasteiger partial charge >= 0.3 is 0 Å². The fourth-order valence-corrected chi connectivity index (χ4v) is 6.68. The Labute approximate surface area is 253 Å². The number of aryl methyl sites for hydroxylation is 1. The van der Waals surface area contributed by atoms with Crippen LogP contribution in [0.2, 0.25) is 5.02 Å². The molecule has 1 aliphatic carbocycles. The molecule has 0 saturated heterocycles. The minimum absolute atomic E-state index is 0.0211. The summed E-state index contributed by atoms with van der Waals surface area (Å²) in [5, 5.41) is 3.57. The summed E-state index contributed by atoms with van der Waals surface area (Å²) in [6, 6.07) is 19.3. The first-order chi connectivity index (χ1) is 20.1. The summed E-state index contributed by atoms with van der Waals surface area (Å²) < 4.78 is 34.6. The summed E-state index contributed by atoms with van der Waals surface area (Å²) in [6.45, 7) is 5.45. The van der Waals surface area contributed by atoms with E-state index in [1.54, 1.807) is 61.5 Å². The molecule has 0 heterocycles. The molecule has 3 aromatic rings. The summed E-state index contributed by atoms with van der Waals surface area (Å²) in [6.07, 6.45) is 3.92. The van der Waals surface area contributed by atoms with Gasteiger partial charge in [0.2, 0.25) is 11.8 Å². The zero-order valence-corrected chi connectivity index (χ0v) is 25.8. The van der Waals surface area contributed by atoms with Crippen molar-refractivity contribution in [3.8, 4) is 5.75 Å². The number of carbonyl (C=O) groups is 2. The van der Waals surface area contributed by atoms with Crippen LogP contribution < -0.4 is 14.4 Å². The molecule has 1 N–H and O–H groups in total. The Morgan fingerprint density at radius 1 is 1.02 bits per heavy atom. The Morgan fingerprint density at radius 2 is 1.69 bits per heavy atom. The van der Waals surface area contributed by atoms with E-state index in [1.165, 1.54) is 17.0 Å². The van der Waals surface area contributed by atoms with Gasteiger partial charge in [-0.25, -0.2) is 8.42 Å². The molecule has 4 rings (SSSR count). The third-order valence-electron chi connectivity index (χ3n) is 7.43. The summed E-state index contributed by atoms with van der Waals surface area (Å²) in [7, 11) is -4.16. The van der Waals surface area contributed by atoms with Crippen LogP contribution in [0.5, 0.6) is 5.75 Å². The van der Waals surface area contributed by atoms with Gasteiger partial charge in [0.25, 0.3) is 10.0 Å². The van der Waals surface area contributed by atoms with E-state index < -0.39 is 28.5 Å². The largest absolute Gasteiger partial charge is 0.494 e. The average Bonchev–Trinajstić information content (AvgIpc) is 3.48. The standard InChI is InChI=1S/C32H38ClN3O5S/c1-4-41-29-16-18-30(19-17-29)42(39,40)36(28-14-12-23(2)13-15-28)22-31(37)35(21-25-8-7-9-26(33)20-25)24(3)32(38)34-27-10-5-6-11-27/h7-9,12-20,24,27H,4-6,10-11,21-22H2,1-3H3,(H,34,38)/t24-/m0/s1. The number of rotatable bonds is 12. The van der Waals surface area contributed by atoms with Gasteiger partial charge in [0.05, 0.1) is 17.2 Å². The molecule has 42 heavy (non-hydrogen) atoms. The molecular formula is C32H38ClN3O5S. The SMILES string of the molecule is CCOc1ccc(S(=O)(=O)N(CC(=O)N(Cc2cccc(Cl)c2)[C@@H](C)C(=O)NC2CCCC2)c2ccc(C)cc2)cc1. The topological polar surface area (TPSA) is 96.0 Å². The van der Waals surface area contributed by atoms with Crippen LogP contribution in [-0.2, 0) is 26.2 Å². The highest BCUT2D eigenvalue weighted by atomic mass is 35.5. The minimum atomic E-state index is -4.16. The van der Waals surface area contributed by atoms with Crippen molar-refractivity contribution in [2.24, 2.45) is 0 Å². The fourth-order valence-electron chi connectivity index (χ4n) is 5.05. The number of hydrogen-bond donors (Lipinski definition) is 1. The highest BCUT2D eigenvalue weighted by Gasteiger charge is 2.33. The number of nitrogens with zero attached hydrogens (tertiary/aromatic N) is 2. The molecule has 0 unspecified atom stereocenters. The second-order valence-electron chi connectivity index (χ2n) is 10.6. The zero-order chi connectivity index (χ0) is 30.3. The highest BCUT2D eigenvalue weighted by molar-refractivity contribution is 7.92. The molecule has 0 aromatic heterocycles. The maximum atomic E-state index is 14.1. The Hall–Kier alpha value is -3.56. The van der Waals surface area contributed by atoms with Crippen LogP contribution in [0.3, 0.4) is 0 Å². The smallest absolute Gasteiger partial charge is 0.264 e. The van der Waals surface area contributed by atoms with Gasteiger partial charge in [-0.3, -0.25) is 13.9 Å². The first-order valence-electron chi connectivity index (χ1n) is 14.2. The normalized spacial score (nSPS) is 14.3. The number of anilines is 1. The lowest BCUT2D eigenvalue weighted by molar-refractivity contribution is -0.139. The summed E-state index contributed by atoms with van der Waals surface area (Å²) in [5.41, 5.74) is 2.02. The third kappa shape index (κ3) is 7.83. The molecule has 1 atom stereocenters. The first kappa shape index (κ1) is 31.4. The Balaban J connectivity index is 1.67. The van der Waals surface area contributed by atoms with Crippen LogP contribution in [0.4, 0.5) is 5.69 Å². The molecule has 8 nitrogen and oxygen atoms in total. The van der Waals surface area contributed by atoms with Crippen LogP contribution in [-0.4, -0.2) is 50.4 Å². The monoisotopic (exact) mass is 611 g/mol. The van der Waals surface area contributed by atoms with Crippen molar-refractivity contribution in [1.29, 1.82) is 0 Å². The molecule has 0 bridgehead atoms. The number of halogens is 1. The third-order valence-corrected chi connectivity index (χ3v) is 9.46. The van der Waals surface area contributed by atoms with Gasteiger partial charge in [-0.15, -0.1) is 0 Å². The number of ether oxygens (including phenoxy) is 1. The van der Waals surface area contributed by atoms with Gasteiger partial charge in [0.1, 0.15) is 18.3 Å². The van der Waals surface area contributed by atoms with Crippen molar-refractivity contribution in [3.05, 3.63) is 88.9 Å². The average molecular weight is 612 g/mol.